The molecule has 0 bridgehead atoms. The van der Waals surface area contributed by atoms with E-state index in [4.69, 9.17) is 27.9 Å². The predicted molar refractivity (Wildman–Crippen MR) is 119 cm³/mol. The minimum absolute atomic E-state index is 0.275. The molecule has 29 heavy (non-hydrogen) atoms. The molecule has 0 spiro atoms. The number of rotatable bonds is 5. The molecule has 0 saturated carbocycles. The highest BCUT2D eigenvalue weighted by Crippen LogP contribution is 2.29. The van der Waals surface area contributed by atoms with Crippen molar-refractivity contribution in [2.45, 2.75) is 45.8 Å². The van der Waals surface area contributed by atoms with Gasteiger partial charge in [-0.1, -0.05) is 48.3 Å². The summed E-state index contributed by atoms with van der Waals surface area (Å²) in [5.74, 6) is -0.275. The van der Waals surface area contributed by atoms with E-state index in [0.717, 1.165) is 11.1 Å². The SMILES string of the molecule is CC[C@@H](C(=O)Nc1ccc(-c2ccc(Cl)c(Cl)c2)cc1)N(C)C(=O)OC(C)(C)C. The maximum atomic E-state index is 12.7. The molecule has 5 nitrogen and oxygen atoms in total. The standard InChI is InChI=1S/C22H26Cl2N2O3/c1-6-19(26(5)21(28)29-22(2,3)4)20(27)25-16-10-7-14(8-11-16)15-9-12-17(23)18(24)13-15/h7-13,19H,6H2,1-5H3,(H,25,27)/t19-/m0/s1. The number of carbonyl (C=O) groups is 2. The first-order valence-corrected chi connectivity index (χ1v) is 10.1. The van der Waals surface area contributed by atoms with Crippen LogP contribution in [0.15, 0.2) is 42.5 Å². The van der Waals surface area contributed by atoms with E-state index in [0.29, 0.717) is 22.2 Å². The van der Waals surface area contributed by atoms with Crippen molar-refractivity contribution in [2.24, 2.45) is 0 Å². The number of hydrogen-bond acceptors (Lipinski definition) is 3. The molecule has 2 aromatic carbocycles. The van der Waals surface area contributed by atoms with Gasteiger partial charge in [0.05, 0.1) is 10.0 Å². The van der Waals surface area contributed by atoms with Gasteiger partial charge < -0.3 is 10.1 Å². The molecule has 156 valence electrons. The Morgan fingerprint density at radius 2 is 1.62 bits per heavy atom. The van der Waals surface area contributed by atoms with Crippen LogP contribution in [-0.4, -0.2) is 35.6 Å². The van der Waals surface area contributed by atoms with Crippen LogP contribution in [0, 0.1) is 0 Å². The number of hydrogen-bond donors (Lipinski definition) is 1. The van der Waals surface area contributed by atoms with Crippen molar-refractivity contribution in [3.63, 3.8) is 0 Å². The monoisotopic (exact) mass is 436 g/mol. The van der Waals surface area contributed by atoms with Gasteiger partial charge in [-0.15, -0.1) is 0 Å². The lowest BCUT2D eigenvalue weighted by molar-refractivity contribution is -0.121. The molecule has 7 heteroatoms. The van der Waals surface area contributed by atoms with Gasteiger partial charge in [0, 0.05) is 12.7 Å². The highest BCUT2D eigenvalue weighted by atomic mass is 35.5. The summed E-state index contributed by atoms with van der Waals surface area (Å²) in [5.41, 5.74) is 1.88. The minimum atomic E-state index is -0.639. The molecule has 2 rings (SSSR count). The van der Waals surface area contributed by atoms with Crippen LogP contribution in [0.3, 0.4) is 0 Å². The third-order valence-electron chi connectivity index (χ3n) is 4.24. The molecule has 0 saturated heterocycles. The van der Waals surface area contributed by atoms with Crippen molar-refractivity contribution in [3.8, 4) is 11.1 Å². The zero-order valence-corrected chi connectivity index (χ0v) is 18.8. The second-order valence-corrected chi connectivity index (χ2v) is 8.53. The van der Waals surface area contributed by atoms with Crippen molar-refractivity contribution in [2.75, 3.05) is 12.4 Å². The van der Waals surface area contributed by atoms with Crippen LogP contribution in [-0.2, 0) is 9.53 Å². The van der Waals surface area contributed by atoms with Gasteiger partial charge in [-0.2, -0.15) is 0 Å². The van der Waals surface area contributed by atoms with Crippen LogP contribution in [0.1, 0.15) is 34.1 Å². The van der Waals surface area contributed by atoms with Gasteiger partial charge >= 0.3 is 6.09 Å². The highest BCUT2D eigenvalue weighted by Gasteiger charge is 2.29. The molecule has 0 radical (unpaired) electrons. The van der Waals surface area contributed by atoms with E-state index < -0.39 is 17.7 Å². The largest absolute Gasteiger partial charge is 0.444 e. The second-order valence-electron chi connectivity index (χ2n) is 7.71. The number of halogens is 2. The van der Waals surface area contributed by atoms with Crippen LogP contribution in [0.5, 0.6) is 0 Å². The fourth-order valence-corrected chi connectivity index (χ4v) is 3.04. The summed E-state index contributed by atoms with van der Waals surface area (Å²) in [5, 5.41) is 3.84. The van der Waals surface area contributed by atoms with E-state index in [9.17, 15) is 9.59 Å². The van der Waals surface area contributed by atoms with E-state index in [2.05, 4.69) is 5.32 Å². The summed E-state index contributed by atoms with van der Waals surface area (Å²) in [6.07, 6.45) is -0.0717. The van der Waals surface area contributed by atoms with Crippen LogP contribution in [0.2, 0.25) is 10.0 Å². The summed E-state index contributed by atoms with van der Waals surface area (Å²) in [7, 11) is 1.56. The molecular weight excluding hydrogens is 411 g/mol. The fraction of sp³-hybridized carbons (Fsp3) is 0.364. The van der Waals surface area contributed by atoms with Crippen molar-refractivity contribution in [3.05, 3.63) is 52.5 Å². The molecule has 0 fully saturated rings. The average Bonchev–Trinajstić information content (AvgIpc) is 2.63. The van der Waals surface area contributed by atoms with E-state index in [1.807, 2.05) is 25.1 Å². The maximum Gasteiger partial charge on any atom is 0.410 e. The molecule has 2 aromatic rings. The summed E-state index contributed by atoms with van der Waals surface area (Å²) < 4.78 is 5.35. The average molecular weight is 437 g/mol. The summed E-state index contributed by atoms with van der Waals surface area (Å²) >= 11 is 12.0. The highest BCUT2D eigenvalue weighted by molar-refractivity contribution is 6.42. The van der Waals surface area contributed by atoms with E-state index >= 15 is 0 Å². The molecule has 0 aliphatic heterocycles. The second kappa shape index (κ2) is 9.51. The quantitative estimate of drug-likeness (QED) is 0.602. The molecule has 0 unspecified atom stereocenters. The van der Waals surface area contributed by atoms with Crippen LogP contribution in [0.25, 0.3) is 11.1 Å². The predicted octanol–water partition coefficient (Wildman–Crippen LogP) is 6.24. The Kier molecular flexibility index (Phi) is 7.55. The van der Waals surface area contributed by atoms with E-state index in [-0.39, 0.29) is 5.91 Å². The van der Waals surface area contributed by atoms with Crippen molar-refractivity contribution in [1.29, 1.82) is 0 Å². The number of nitrogens with one attached hydrogen (secondary N) is 1. The van der Waals surface area contributed by atoms with Crippen LogP contribution in [0.4, 0.5) is 10.5 Å². The Morgan fingerprint density at radius 1 is 1.03 bits per heavy atom. The van der Waals surface area contributed by atoms with Crippen molar-refractivity contribution >= 4 is 40.9 Å². The zero-order valence-electron chi connectivity index (χ0n) is 17.3. The Bertz CT molecular complexity index is 877. The molecule has 1 atom stereocenters. The zero-order chi connectivity index (χ0) is 21.8. The number of nitrogens with zero attached hydrogens (tertiary/aromatic N) is 1. The lowest BCUT2D eigenvalue weighted by Crippen LogP contribution is -2.46. The smallest absolute Gasteiger partial charge is 0.410 e. The number of benzene rings is 2. The summed E-state index contributed by atoms with van der Waals surface area (Å²) in [4.78, 5) is 26.3. The molecular formula is C22H26Cl2N2O3. The van der Waals surface area contributed by atoms with Gasteiger partial charge in [0.1, 0.15) is 11.6 Å². The van der Waals surface area contributed by atoms with Gasteiger partial charge in [0.25, 0.3) is 0 Å². The first-order chi connectivity index (χ1) is 13.5. The molecule has 0 heterocycles. The topological polar surface area (TPSA) is 58.6 Å². The number of likely N-dealkylation sites (N-methyl/N-ethyl adjacent to an activating group) is 1. The molecule has 0 aliphatic rings. The number of ether oxygens (including phenoxy) is 1. The third kappa shape index (κ3) is 6.38. The molecule has 0 aliphatic carbocycles. The molecule has 0 aromatic heterocycles. The normalized spacial score (nSPS) is 12.2. The van der Waals surface area contributed by atoms with Gasteiger partial charge in [-0.05, 0) is 62.6 Å². The minimum Gasteiger partial charge on any atom is -0.444 e. The van der Waals surface area contributed by atoms with Gasteiger partial charge in [0.2, 0.25) is 5.91 Å². The molecule has 2 amide bonds. The third-order valence-corrected chi connectivity index (χ3v) is 4.98. The lowest BCUT2D eigenvalue weighted by Gasteiger charge is -2.29. The number of anilines is 1. The first kappa shape index (κ1) is 23.0. The van der Waals surface area contributed by atoms with Crippen LogP contribution >= 0.6 is 23.2 Å². The Labute approximate surface area is 181 Å². The Balaban J connectivity index is 2.08. The van der Waals surface area contributed by atoms with Crippen LogP contribution < -0.4 is 5.32 Å². The summed E-state index contributed by atoms with van der Waals surface area (Å²) in [6.45, 7) is 7.21. The Morgan fingerprint density at radius 3 is 2.14 bits per heavy atom. The van der Waals surface area contributed by atoms with Gasteiger partial charge in [0.15, 0.2) is 0 Å². The van der Waals surface area contributed by atoms with Gasteiger partial charge in [-0.3, -0.25) is 9.69 Å². The van der Waals surface area contributed by atoms with Gasteiger partial charge in [-0.25, -0.2) is 4.79 Å². The first-order valence-electron chi connectivity index (χ1n) is 9.34. The molecule has 1 N–H and O–H groups in total. The fourth-order valence-electron chi connectivity index (χ4n) is 2.74. The van der Waals surface area contributed by atoms with E-state index in [1.165, 1.54) is 4.90 Å². The summed E-state index contributed by atoms with van der Waals surface area (Å²) in [6, 6.07) is 12.1. The number of amides is 2. The lowest BCUT2D eigenvalue weighted by atomic mass is 10.1. The number of carbonyl (C=O) groups excluding carboxylic acids is 2. The van der Waals surface area contributed by atoms with Crippen molar-refractivity contribution in [1.82, 2.24) is 4.90 Å². The maximum absolute atomic E-state index is 12.7. The van der Waals surface area contributed by atoms with E-state index in [1.54, 1.807) is 52.1 Å². The van der Waals surface area contributed by atoms with Crippen molar-refractivity contribution < 1.29 is 14.3 Å². The Hall–Kier alpha value is -2.24.